The van der Waals surface area contributed by atoms with Crippen LogP contribution in [0.5, 0.6) is 0 Å². The molecule has 0 radical (unpaired) electrons. The van der Waals surface area contributed by atoms with E-state index in [0.29, 0.717) is 5.02 Å². The molecule has 1 heterocycles. The van der Waals surface area contributed by atoms with Crippen molar-refractivity contribution in [2.24, 2.45) is 0 Å². The van der Waals surface area contributed by atoms with Crippen LogP contribution in [0.2, 0.25) is 5.02 Å². The average molecular weight is 266 g/mol. The van der Waals surface area contributed by atoms with Gasteiger partial charge in [-0.2, -0.15) is 0 Å². The fraction of sp³-hybridized carbons (Fsp3) is 0.214. The number of hydrogen-bond acceptors (Lipinski definition) is 2. The molecular weight excluding hydrogens is 253 g/mol. The average Bonchev–Trinajstić information content (AvgIpc) is 2.32. The molecule has 0 saturated carbocycles. The number of aliphatic hydroxyl groups is 1. The Bertz CT molecular complexity index is 557. The number of aromatic nitrogens is 1. The minimum Gasteiger partial charge on any atom is -0.385 e. The van der Waals surface area contributed by atoms with Crippen molar-refractivity contribution >= 4 is 11.6 Å². The SMILES string of the molecule is CC(O)(Cc1ccncc1Cl)c1ccccc1F. The van der Waals surface area contributed by atoms with Crippen molar-refractivity contribution in [3.8, 4) is 0 Å². The van der Waals surface area contributed by atoms with Crippen molar-refractivity contribution in [3.05, 3.63) is 64.7 Å². The van der Waals surface area contributed by atoms with Gasteiger partial charge >= 0.3 is 0 Å². The molecule has 2 rings (SSSR count). The number of benzene rings is 1. The predicted octanol–water partition coefficient (Wildman–Crippen LogP) is 3.32. The van der Waals surface area contributed by atoms with Gasteiger partial charge < -0.3 is 5.11 Å². The molecule has 94 valence electrons. The van der Waals surface area contributed by atoms with Crippen molar-refractivity contribution < 1.29 is 9.50 Å². The summed E-state index contributed by atoms with van der Waals surface area (Å²) in [7, 11) is 0. The Morgan fingerprint density at radius 1 is 1.33 bits per heavy atom. The standard InChI is InChI=1S/C14H13ClFNO/c1-14(18,11-4-2-3-5-13(11)16)8-10-6-7-17-9-12(10)15/h2-7,9,18H,8H2,1H3. The topological polar surface area (TPSA) is 33.1 Å². The molecular formula is C14H13ClFNO. The second-order valence-electron chi connectivity index (χ2n) is 4.40. The highest BCUT2D eigenvalue weighted by molar-refractivity contribution is 6.31. The molecule has 0 aliphatic carbocycles. The van der Waals surface area contributed by atoms with Crippen LogP contribution in [0.4, 0.5) is 4.39 Å². The third kappa shape index (κ3) is 2.68. The number of rotatable bonds is 3. The zero-order chi connectivity index (χ0) is 13.2. The minimum atomic E-state index is -1.31. The summed E-state index contributed by atoms with van der Waals surface area (Å²) < 4.78 is 13.7. The van der Waals surface area contributed by atoms with E-state index in [-0.39, 0.29) is 12.0 Å². The van der Waals surface area contributed by atoms with Gasteiger partial charge in [-0.3, -0.25) is 4.98 Å². The lowest BCUT2D eigenvalue weighted by atomic mass is 9.89. The molecule has 0 spiro atoms. The van der Waals surface area contributed by atoms with E-state index in [2.05, 4.69) is 4.98 Å². The summed E-state index contributed by atoms with van der Waals surface area (Å²) in [6.07, 6.45) is 3.34. The van der Waals surface area contributed by atoms with E-state index < -0.39 is 11.4 Å². The summed E-state index contributed by atoms with van der Waals surface area (Å²) in [5, 5.41) is 10.9. The first-order valence-corrected chi connectivity index (χ1v) is 5.94. The van der Waals surface area contributed by atoms with Crippen molar-refractivity contribution in [3.63, 3.8) is 0 Å². The smallest absolute Gasteiger partial charge is 0.129 e. The fourth-order valence-electron chi connectivity index (χ4n) is 1.91. The molecule has 1 aromatic heterocycles. The van der Waals surface area contributed by atoms with E-state index >= 15 is 0 Å². The molecule has 1 atom stereocenters. The first-order chi connectivity index (χ1) is 8.50. The molecule has 2 aromatic rings. The molecule has 4 heteroatoms. The molecule has 18 heavy (non-hydrogen) atoms. The minimum absolute atomic E-state index is 0.231. The van der Waals surface area contributed by atoms with Crippen molar-refractivity contribution in [2.45, 2.75) is 18.9 Å². The third-order valence-corrected chi connectivity index (χ3v) is 3.19. The van der Waals surface area contributed by atoms with Gasteiger partial charge in [0.15, 0.2) is 0 Å². The maximum atomic E-state index is 13.7. The second kappa shape index (κ2) is 5.04. The molecule has 2 nitrogen and oxygen atoms in total. The van der Waals surface area contributed by atoms with Gasteiger partial charge in [0.1, 0.15) is 5.82 Å². The number of nitrogens with zero attached hydrogens (tertiary/aromatic N) is 1. The Morgan fingerprint density at radius 2 is 2.06 bits per heavy atom. The Kier molecular flexibility index (Phi) is 3.64. The zero-order valence-electron chi connectivity index (χ0n) is 9.90. The van der Waals surface area contributed by atoms with Gasteiger partial charge in [-0.25, -0.2) is 4.39 Å². The Morgan fingerprint density at radius 3 is 2.72 bits per heavy atom. The van der Waals surface area contributed by atoms with Gasteiger partial charge in [0.25, 0.3) is 0 Å². The summed E-state index contributed by atoms with van der Waals surface area (Å²) in [4.78, 5) is 3.88. The maximum absolute atomic E-state index is 13.7. The lowest BCUT2D eigenvalue weighted by molar-refractivity contribution is 0.0538. The van der Waals surface area contributed by atoms with E-state index in [1.54, 1.807) is 37.4 Å². The van der Waals surface area contributed by atoms with Crippen LogP contribution in [0, 0.1) is 5.82 Å². The predicted molar refractivity (Wildman–Crippen MR) is 68.9 cm³/mol. The summed E-state index contributed by atoms with van der Waals surface area (Å²) in [6.45, 7) is 1.57. The summed E-state index contributed by atoms with van der Waals surface area (Å²) in [5.74, 6) is -0.423. The molecule has 1 N–H and O–H groups in total. The van der Waals surface area contributed by atoms with Crippen LogP contribution in [-0.4, -0.2) is 10.1 Å². The highest BCUT2D eigenvalue weighted by Gasteiger charge is 2.27. The van der Waals surface area contributed by atoms with E-state index in [9.17, 15) is 9.50 Å². The van der Waals surface area contributed by atoms with Crippen LogP contribution >= 0.6 is 11.6 Å². The molecule has 0 amide bonds. The monoisotopic (exact) mass is 265 g/mol. The number of halogens is 2. The van der Waals surface area contributed by atoms with Gasteiger partial charge in [-0.15, -0.1) is 0 Å². The molecule has 0 aliphatic rings. The Hall–Kier alpha value is -1.45. The number of hydrogen-bond donors (Lipinski definition) is 1. The Balaban J connectivity index is 2.33. The molecule has 0 aliphatic heterocycles. The first-order valence-electron chi connectivity index (χ1n) is 5.56. The van der Waals surface area contributed by atoms with E-state index in [1.807, 2.05) is 0 Å². The summed E-state index contributed by atoms with van der Waals surface area (Å²) >= 11 is 5.99. The van der Waals surface area contributed by atoms with Gasteiger partial charge in [0.05, 0.1) is 10.6 Å². The second-order valence-corrected chi connectivity index (χ2v) is 4.80. The van der Waals surface area contributed by atoms with E-state index in [4.69, 9.17) is 11.6 Å². The molecule has 1 unspecified atom stereocenters. The highest BCUT2D eigenvalue weighted by Crippen LogP contribution is 2.29. The van der Waals surface area contributed by atoms with E-state index in [0.717, 1.165) is 5.56 Å². The lowest BCUT2D eigenvalue weighted by Gasteiger charge is -2.24. The molecule has 0 fully saturated rings. The van der Waals surface area contributed by atoms with Crippen molar-refractivity contribution in [1.29, 1.82) is 0 Å². The highest BCUT2D eigenvalue weighted by atomic mass is 35.5. The summed E-state index contributed by atoms with van der Waals surface area (Å²) in [6, 6.07) is 7.91. The lowest BCUT2D eigenvalue weighted by Crippen LogP contribution is -2.25. The van der Waals surface area contributed by atoms with Crippen LogP contribution in [0.15, 0.2) is 42.7 Å². The van der Waals surface area contributed by atoms with Gasteiger partial charge in [-0.05, 0) is 24.6 Å². The normalized spacial score (nSPS) is 14.2. The molecule has 0 bridgehead atoms. The number of pyridine rings is 1. The Labute approximate surface area is 110 Å². The van der Waals surface area contributed by atoms with E-state index in [1.165, 1.54) is 12.3 Å². The van der Waals surface area contributed by atoms with Crippen LogP contribution in [0.25, 0.3) is 0 Å². The summed E-state index contributed by atoms with van der Waals surface area (Å²) in [5.41, 5.74) is -0.311. The van der Waals surface area contributed by atoms with Crippen molar-refractivity contribution in [1.82, 2.24) is 4.98 Å². The molecule has 1 aromatic carbocycles. The first kappa shape index (κ1) is 13.0. The van der Waals surface area contributed by atoms with Crippen LogP contribution in [0.3, 0.4) is 0 Å². The molecule has 0 saturated heterocycles. The van der Waals surface area contributed by atoms with Crippen LogP contribution in [-0.2, 0) is 12.0 Å². The fourth-order valence-corrected chi connectivity index (χ4v) is 2.10. The third-order valence-electron chi connectivity index (χ3n) is 2.85. The van der Waals surface area contributed by atoms with Gasteiger partial charge in [0.2, 0.25) is 0 Å². The van der Waals surface area contributed by atoms with Gasteiger partial charge in [0, 0.05) is 24.4 Å². The quantitative estimate of drug-likeness (QED) is 0.923. The van der Waals surface area contributed by atoms with Crippen LogP contribution in [0.1, 0.15) is 18.1 Å². The van der Waals surface area contributed by atoms with Gasteiger partial charge in [-0.1, -0.05) is 29.8 Å². The maximum Gasteiger partial charge on any atom is 0.129 e. The van der Waals surface area contributed by atoms with Crippen LogP contribution < -0.4 is 0 Å². The zero-order valence-corrected chi connectivity index (χ0v) is 10.7. The largest absolute Gasteiger partial charge is 0.385 e. The van der Waals surface area contributed by atoms with Crippen molar-refractivity contribution in [2.75, 3.05) is 0 Å².